The van der Waals surface area contributed by atoms with Crippen LogP contribution in [0.4, 0.5) is 0 Å². The molecule has 1 heterocycles. The first-order chi connectivity index (χ1) is 26.0. The summed E-state index contributed by atoms with van der Waals surface area (Å²) in [5.74, 6) is -4.49. The van der Waals surface area contributed by atoms with Gasteiger partial charge in [-0.15, -0.1) is 0 Å². The number of furan rings is 1. The number of esters is 2. The molecule has 1 aromatic heterocycles. The first-order valence-electron chi connectivity index (χ1n) is 17.9. The smallest absolute Gasteiger partial charge is 0.328 e. The fourth-order valence-electron chi connectivity index (χ4n) is 5.62. The molecule has 0 aliphatic rings. The zero-order valence-corrected chi connectivity index (χ0v) is 31.4. The van der Waals surface area contributed by atoms with Crippen LogP contribution in [0, 0.1) is 11.8 Å². The van der Waals surface area contributed by atoms with Crippen molar-refractivity contribution in [3.05, 3.63) is 77.6 Å². The summed E-state index contributed by atoms with van der Waals surface area (Å²) in [6.07, 6.45) is 3.03. The molecule has 2 aromatic carbocycles. The van der Waals surface area contributed by atoms with E-state index in [2.05, 4.69) is 33.1 Å². The van der Waals surface area contributed by atoms with Gasteiger partial charge in [-0.25, -0.2) is 10.3 Å². The lowest BCUT2D eigenvalue weighted by Crippen LogP contribution is -2.45. The third kappa shape index (κ3) is 13.1. The number of nitrogens with one attached hydrogen (secondary N) is 4. The summed E-state index contributed by atoms with van der Waals surface area (Å²) in [5.41, 5.74) is 3.84. The lowest BCUT2D eigenvalue weighted by molar-refractivity contribution is -0.149. The number of ether oxygens (including phenoxy) is 3. The summed E-state index contributed by atoms with van der Waals surface area (Å²) >= 11 is 0. The molecule has 0 spiro atoms. The number of hydrogen-bond acceptors (Lipinski definition) is 11. The van der Waals surface area contributed by atoms with Gasteiger partial charge in [0.15, 0.2) is 5.76 Å². The van der Waals surface area contributed by atoms with Crippen molar-refractivity contribution in [1.29, 1.82) is 0 Å². The summed E-state index contributed by atoms with van der Waals surface area (Å²) in [7, 11) is 2.29. The van der Waals surface area contributed by atoms with Gasteiger partial charge in [-0.1, -0.05) is 63.4 Å². The number of hydroxylamine groups is 1. The molecule has 4 N–H and O–H groups in total. The molecular formula is C39H50N4O11. The van der Waals surface area contributed by atoms with Gasteiger partial charge in [0, 0.05) is 17.0 Å². The molecule has 0 radical (unpaired) electrons. The standard InChI is InChI=1S/C39H50N4O11/c1-6-9-11-16-30(29(7-2)37(47)43-53-23-25-14-12-10-13-15-25)36(46)40-24-41-38(48)33-18-17-32(54-33)26-19-27(21-28(20-26)52-8-3)35(45)42-31(39(49)51-5)22-34(44)50-4/h10,12-15,17-21,29-31H,6-9,11,16,22-24H2,1-5H3,(H,40,46)(H,41,48)(H,42,45)(H,43,47)/t29-,30-,31-/m1/s1. The van der Waals surface area contributed by atoms with Crippen LogP contribution in [0.1, 0.15) is 85.8 Å². The van der Waals surface area contributed by atoms with Crippen LogP contribution in [-0.4, -0.2) is 69.1 Å². The minimum atomic E-state index is -1.30. The van der Waals surface area contributed by atoms with Crippen LogP contribution in [0.5, 0.6) is 5.75 Å². The summed E-state index contributed by atoms with van der Waals surface area (Å²) in [5, 5.41) is 7.82. The van der Waals surface area contributed by atoms with Gasteiger partial charge in [-0.3, -0.25) is 28.8 Å². The lowest BCUT2D eigenvalue weighted by Gasteiger charge is -2.24. The molecule has 3 rings (SSSR count). The van der Waals surface area contributed by atoms with Gasteiger partial charge in [0.1, 0.15) is 17.6 Å². The molecule has 15 nitrogen and oxygen atoms in total. The van der Waals surface area contributed by atoms with Crippen molar-refractivity contribution in [2.45, 2.75) is 71.9 Å². The molecule has 0 aliphatic carbocycles. The van der Waals surface area contributed by atoms with E-state index in [0.717, 1.165) is 39.0 Å². The first-order valence-corrected chi connectivity index (χ1v) is 17.9. The highest BCUT2D eigenvalue weighted by Gasteiger charge is 2.32. The second kappa shape index (κ2) is 22.4. The topological polar surface area (TPSA) is 201 Å². The van der Waals surface area contributed by atoms with Crippen molar-refractivity contribution in [3.63, 3.8) is 0 Å². The second-order valence-corrected chi connectivity index (χ2v) is 12.3. The Balaban J connectivity index is 1.67. The molecule has 0 saturated heterocycles. The number of amides is 4. The molecule has 54 heavy (non-hydrogen) atoms. The van der Waals surface area contributed by atoms with Crippen molar-refractivity contribution >= 4 is 35.6 Å². The number of methoxy groups -OCH3 is 2. The monoisotopic (exact) mass is 750 g/mol. The molecule has 0 unspecified atom stereocenters. The maximum absolute atomic E-state index is 13.4. The van der Waals surface area contributed by atoms with Crippen LogP contribution in [0.15, 0.2) is 65.1 Å². The molecular weight excluding hydrogens is 700 g/mol. The van der Waals surface area contributed by atoms with E-state index < -0.39 is 54.0 Å². The lowest BCUT2D eigenvalue weighted by atomic mass is 9.84. The highest BCUT2D eigenvalue weighted by atomic mass is 16.7. The van der Waals surface area contributed by atoms with E-state index in [0.29, 0.717) is 24.2 Å². The summed E-state index contributed by atoms with van der Waals surface area (Å²) in [6, 6.07) is 15.6. The Morgan fingerprint density at radius 1 is 0.796 bits per heavy atom. The average Bonchev–Trinajstić information content (AvgIpc) is 3.68. The first kappa shape index (κ1) is 42.7. The third-order valence-electron chi connectivity index (χ3n) is 8.47. The molecule has 4 amide bonds. The molecule has 0 fully saturated rings. The fraction of sp³-hybridized carbons (Fsp3) is 0.436. The zero-order chi connectivity index (χ0) is 39.5. The Hall–Kier alpha value is -5.70. The van der Waals surface area contributed by atoms with E-state index in [1.54, 1.807) is 13.0 Å². The number of rotatable bonds is 22. The van der Waals surface area contributed by atoms with Crippen molar-refractivity contribution < 1.29 is 52.2 Å². The normalized spacial score (nSPS) is 12.4. The maximum atomic E-state index is 13.4. The number of unbranched alkanes of at least 4 members (excludes halogenated alkanes) is 2. The van der Waals surface area contributed by atoms with Gasteiger partial charge >= 0.3 is 11.9 Å². The van der Waals surface area contributed by atoms with E-state index in [-0.39, 0.29) is 42.9 Å². The average molecular weight is 751 g/mol. The van der Waals surface area contributed by atoms with Crippen molar-refractivity contribution in [1.82, 2.24) is 21.4 Å². The maximum Gasteiger partial charge on any atom is 0.328 e. The number of carbonyl (C=O) groups is 6. The van der Waals surface area contributed by atoms with Gasteiger partial charge in [-0.2, -0.15) is 0 Å². The molecule has 3 atom stereocenters. The Kier molecular flexibility index (Phi) is 17.7. The number of hydrogen-bond donors (Lipinski definition) is 4. The van der Waals surface area contributed by atoms with Crippen LogP contribution >= 0.6 is 0 Å². The minimum absolute atomic E-state index is 0.0724. The fourth-order valence-corrected chi connectivity index (χ4v) is 5.62. The predicted octanol–water partition coefficient (Wildman–Crippen LogP) is 4.45. The molecule has 0 aliphatic heterocycles. The van der Waals surface area contributed by atoms with Gasteiger partial charge in [0.25, 0.3) is 11.8 Å². The van der Waals surface area contributed by atoms with Crippen molar-refractivity contribution in [2.75, 3.05) is 27.5 Å². The SMILES string of the molecule is CCCCC[C@@H](C(=O)NCNC(=O)c1ccc(-c2cc(OCC)cc(C(=O)N[C@H](CC(=O)OC)C(=O)OC)c2)o1)[C@@H](CC)C(=O)NOCc1ccccc1. The largest absolute Gasteiger partial charge is 0.494 e. The quantitative estimate of drug-likeness (QED) is 0.0489. The Labute approximate surface area is 314 Å². The van der Waals surface area contributed by atoms with E-state index in [9.17, 15) is 28.8 Å². The van der Waals surface area contributed by atoms with Gasteiger partial charge in [0.05, 0.1) is 46.4 Å². The van der Waals surface area contributed by atoms with Crippen LogP contribution in [0.3, 0.4) is 0 Å². The van der Waals surface area contributed by atoms with Gasteiger partial charge in [0.2, 0.25) is 11.8 Å². The zero-order valence-electron chi connectivity index (χ0n) is 31.4. The molecule has 292 valence electrons. The summed E-state index contributed by atoms with van der Waals surface area (Å²) in [4.78, 5) is 82.3. The molecule has 15 heteroatoms. The van der Waals surface area contributed by atoms with Gasteiger partial charge in [-0.05, 0) is 55.7 Å². The third-order valence-corrected chi connectivity index (χ3v) is 8.47. The number of carbonyl (C=O) groups excluding carboxylic acids is 6. The predicted molar refractivity (Wildman–Crippen MR) is 196 cm³/mol. The van der Waals surface area contributed by atoms with Crippen LogP contribution in [-0.2, 0) is 40.1 Å². The number of benzene rings is 2. The highest BCUT2D eigenvalue weighted by molar-refractivity contribution is 5.99. The Morgan fingerprint density at radius 3 is 2.22 bits per heavy atom. The molecule has 3 aromatic rings. The Morgan fingerprint density at radius 2 is 1.56 bits per heavy atom. The highest BCUT2D eigenvalue weighted by Crippen LogP contribution is 2.29. The van der Waals surface area contributed by atoms with Gasteiger partial charge < -0.3 is 34.6 Å². The van der Waals surface area contributed by atoms with E-state index in [4.69, 9.17) is 18.7 Å². The van der Waals surface area contributed by atoms with E-state index in [1.165, 1.54) is 24.3 Å². The van der Waals surface area contributed by atoms with E-state index in [1.807, 2.05) is 37.3 Å². The van der Waals surface area contributed by atoms with Crippen molar-refractivity contribution in [2.24, 2.45) is 11.8 Å². The van der Waals surface area contributed by atoms with E-state index >= 15 is 0 Å². The molecule has 0 bridgehead atoms. The molecule has 0 saturated carbocycles. The summed E-state index contributed by atoms with van der Waals surface area (Å²) < 4.78 is 20.8. The summed E-state index contributed by atoms with van der Waals surface area (Å²) in [6.45, 7) is 5.88. The van der Waals surface area contributed by atoms with Crippen LogP contribution in [0.25, 0.3) is 11.3 Å². The van der Waals surface area contributed by atoms with Crippen molar-refractivity contribution in [3.8, 4) is 17.1 Å². The second-order valence-electron chi connectivity index (χ2n) is 12.3. The van der Waals surface area contributed by atoms with Crippen LogP contribution < -0.4 is 26.2 Å². The minimum Gasteiger partial charge on any atom is -0.494 e. The van der Waals surface area contributed by atoms with Crippen LogP contribution in [0.2, 0.25) is 0 Å². The Bertz CT molecular complexity index is 1710.